The fourth-order valence-corrected chi connectivity index (χ4v) is 8.28. The Bertz CT molecular complexity index is 1030. The minimum Gasteiger partial charge on any atom is -0.479 e. The molecule has 4 bridgehead atoms. The van der Waals surface area contributed by atoms with Gasteiger partial charge in [0.05, 0.1) is 17.1 Å². The van der Waals surface area contributed by atoms with Crippen molar-refractivity contribution in [2.75, 3.05) is 16.8 Å². The topological polar surface area (TPSA) is 94.5 Å². The third kappa shape index (κ3) is 4.85. The standard InChI is InChI=1S/C29H40N4O4/c1-18(31-37-17-27(34)35)28-29(36)33(26-9-5-4-8-25(26)30-28)24-15-21-10-11-22(16-24)32(21)23-13-19-6-2-3-7-20(12-19)14-23/h4-5,8-9,19-24,28,30H,2-3,6-7,10-17H2,1H3,(H,34,35). The minimum atomic E-state index is -1.09. The van der Waals surface area contributed by atoms with E-state index in [-0.39, 0.29) is 11.9 Å². The average Bonchev–Trinajstić information content (AvgIpc) is 3.03. The number of nitrogens with zero attached hydrogens (tertiary/aromatic N) is 3. The van der Waals surface area contributed by atoms with Gasteiger partial charge in [-0.1, -0.05) is 43.0 Å². The molecule has 8 heteroatoms. The second-order valence-corrected chi connectivity index (χ2v) is 12.0. The zero-order valence-corrected chi connectivity index (χ0v) is 21.8. The smallest absolute Gasteiger partial charge is 0.344 e. The first kappa shape index (κ1) is 24.7. The van der Waals surface area contributed by atoms with Crippen LogP contribution in [0.1, 0.15) is 77.6 Å². The first-order valence-electron chi connectivity index (χ1n) is 14.3. The van der Waals surface area contributed by atoms with E-state index in [4.69, 9.17) is 9.94 Å². The highest BCUT2D eigenvalue weighted by atomic mass is 16.6. The van der Waals surface area contributed by atoms with E-state index in [1.165, 1.54) is 57.8 Å². The Kier molecular flexibility index (Phi) is 6.86. The molecule has 1 aromatic carbocycles. The predicted octanol–water partition coefficient (Wildman–Crippen LogP) is 4.65. The summed E-state index contributed by atoms with van der Waals surface area (Å²) in [6.07, 6.45) is 14.4. The summed E-state index contributed by atoms with van der Waals surface area (Å²) in [4.78, 5) is 34.6. The molecule has 1 aromatic rings. The Morgan fingerprint density at radius 1 is 0.973 bits per heavy atom. The minimum absolute atomic E-state index is 0.0274. The van der Waals surface area contributed by atoms with E-state index < -0.39 is 18.6 Å². The van der Waals surface area contributed by atoms with Gasteiger partial charge in [-0.2, -0.15) is 0 Å². The SMILES string of the molecule is CC(=NOCC(=O)O)C1Nc2ccccc2N(C2CC3CCC(C2)N3C2CC3CCCCC(C3)C2)C1=O. The van der Waals surface area contributed by atoms with Crippen LogP contribution in [0.3, 0.4) is 0 Å². The molecule has 2 N–H and O–H groups in total. The third-order valence-corrected chi connectivity index (χ3v) is 9.67. The highest BCUT2D eigenvalue weighted by Crippen LogP contribution is 2.47. The van der Waals surface area contributed by atoms with Crippen molar-refractivity contribution < 1.29 is 19.5 Å². The quantitative estimate of drug-likeness (QED) is 0.429. The van der Waals surface area contributed by atoms with E-state index >= 15 is 0 Å². The van der Waals surface area contributed by atoms with Crippen molar-refractivity contribution in [1.82, 2.24) is 4.90 Å². The molecule has 2 saturated carbocycles. The van der Waals surface area contributed by atoms with Gasteiger partial charge in [0.1, 0.15) is 6.04 Å². The van der Waals surface area contributed by atoms with Gasteiger partial charge in [0, 0.05) is 24.2 Å². The zero-order valence-electron chi connectivity index (χ0n) is 21.8. The number of rotatable bonds is 6. The number of carbonyl (C=O) groups excluding carboxylic acids is 1. The largest absolute Gasteiger partial charge is 0.479 e. The Labute approximate surface area is 219 Å². The van der Waals surface area contributed by atoms with Crippen LogP contribution in [0.5, 0.6) is 0 Å². The lowest BCUT2D eigenvalue weighted by Gasteiger charge is -2.50. The van der Waals surface area contributed by atoms with Crippen LogP contribution in [0.2, 0.25) is 0 Å². The number of oxime groups is 1. The first-order valence-corrected chi connectivity index (χ1v) is 14.3. The number of carbonyl (C=O) groups is 2. The second-order valence-electron chi connectivity index (χ2n) is 12.0. The molecule has 200 valence electrons. The van der Waals surface area contributed by atoms with Crippen LogP contribution in [0.25, 0.3) is 0 Å². The lowest BCUT2D eigenvalue weighted by molar-refractivity contribution is -0.142. The van der Waals surface area contributed by atoms with Crippen molar-refractivity contribution in [3.8, 4) is 0 Å². The summed E-state index contributed by atoms with van der Waals surface area (Å²) in [5, 5.41) is 16.2. The van der Waals surface area contributed by atoms with E-state index in [9.17, 15) is 9.59 Å². The Hall–Kier alpha value is -2.61. The van der Waals surface area contributed by atoms with Crippen molar-refractivity contribution >= 4 is 29.0 Å². The fraction of sp³-hybridized carbons (Fsp3) is 0.690. The van der Waals surface area contributed by atoms with Gasteiger partial charge in [-0.05, 0) is 75.8 Å². The highest BCUT2D eigenvalue weighted by Gasteiger charge is 2.49. The van der Waals surface area contributed by atoms with E-state index in [1.54, 1.807) is 6.92 Å². The van der Waals surface area contributed by atoms with Crippen LogP contribution < -0.4 is 10.2 Å². The molecule has 37 heavy (non-hydrogen) atoms. The summed E-state index contributed by atoms with van der Waals surface area (Å²) >= 11 is 0. The van der Waals surface area contributed by atoms with Gasteiger partial charge in [-0.25, -0.2) is 4.79 Å². The van der Waals surface area contributed by atoms with Crippen LogP contribution >= 0.6 is 0 Å². The van der Waals surface area contributed by atoms with Crippen molar-refractivity contribution in [2.45, 2.75) is 108 Å². The number of hydrogen-bond donors (Lipinski definition) is 2. The molecule has 2 saturated heterocycles. The number of fused-ring (bicyclic) bond motifs is 5. The van der Waals surface area contributed by atoms with Crippen LogP contribution in [0.4, 0.5) is 11.4 Å². The lowest BCUT2D eigenvalue weighted by atomic mass is 9.76. The number of aliphatic carboxylic acids is 1. The molecule has 3 aliphatic heterocycles. The molecule has 0 aromatic heterocycles. The lowest BCUT2D eigenvalue weighted by Crippen LogP contribution is -2.60. The number of amides is 1. The molecule has 6 rings (SSSR count). The molecular weight excluding hydrogens is 468 g/mol. The van der Waals surface area contributed by atoms with Crippen molar-refractivity contribution in [1.29, 1.82) is 0 Å². The fourth-order valence-electron chi connectivity index (χ4n) is 8.28. The van der Waals surface area contributed by atoms with Gasteiger partial charge < -0.3 is 20.2 Å². The van der Waals surface area contributed by atoms with Crippen LogP contribution in [-0.2, 0) is 14.4 Å². The normalized spacial score (nSPS) is 35.9. The predicted molar refractivity (Wildman–Crippen MR) is 143 cm³/mol. The number of anilines is 2. The van der Waals surface area contributed by atoms with Gasteiger partial charge in [0.2, 0.25) is 6.61 Å². The van der Waals surface area contributed by atoms with Crippen molar-refractivity contribution in [2.24, 2.45) is 17.0 Å². The molecular formula is C29H40N4O4. The van der Waals surface area contributed by atoms with E-state index in [0.717, 1.165) is 42.1 Å². The summed E-state index contributed by atoms with van der Waals surface area (Å²) in [7, 11) is 0. The number of piperidine rings is 1. The Morgan fingerprint density at radius 3 is 2.32 bits per heavy atom. The highest BCUT2D eigenvalue weighted by molar-refractivity contribution is 6.18. The van der Waals surface area contributed by atoms with E-state index in [0.29, 0.717) is 17.8 Å². The van der Waals surface area contributed by atoms with E-state index in [2.05, 4.69) is 15.4 Å². The van der Waals surface area contributed by atoms with Crippen molar-refractivity contribution in [3.63, 3.8) is 0 Å². The molecule has 0 radical (unpaired) electrons. The van der Waals surface area contributed by atoms with Crippen LogP contribution in [-0.4, -0.2) is 64.4 Å². The zero-order chi connectivity index (χ0) is 25.5. The molecule has 4 fully saturated rings. The molecule has 1 amide bonds. The summed E-state index contributed by atoms with van der Waals surface area (Å²) in [5.74, 6) is 0.707. The monoisotopic (exact) mass is 508 g/mol. The number of para-hydroxylation sites is 2. The first-order chi connectivity index (χ1) is 18.0. The molecule has 5 aliphatic rings. The molecule has 2 aliphatic carbocycles. The third-order valence-electron chi connectivity index (χ3n) is 9.67. The maximum atomic E-state index is 13.9. The number of carboxylic acid groups (broad SMARTS) is 1. The molecule has 0 spiro atoms. The molecule has 8 nitrogen and oxygen atoms in total. The van der Waals surface area contributed by atoms with Crippen LogP contribution in [0, 0.1) is 11.8 Å². The summed E-state index contributed by atoms with van der Waals surface area (Å²) in [6.45, 7) is 1.20. The maximum absolute atomic E-state index is 13.9. The summed E-state index contributed by atoms with van der Waals surface area (Å²) < 4.78 is 0. The second kappa shape index (κ2) is 10.3. The molecule has 3 heterocycles. The average molecular weight is 509 g/mol. The van der Waals surface area contributed by atoms with Gasteiger partial charge in [-0.3, -0.25) is 9.69 Å². The Morgan fingerprint density at radius 2 is 1.65 bits per heavy atom. The maximum Gasteiger partial charge on any atom is 0.344 e. The van der Waals surface area contributed by atoms with Gasteiger partial charge >= 0.3 is 5.97 Å². The number of benzene rings is 1. The Balaban J connectivity index is 1.22. The molecule has 5 atom stereocenters. The summed E-state index contributed by atoms with van der Waals surface area (Å²) in [6, 6.07) is 9.31. The number of carboxylic acids is 1. The number of hydrogen-bond acceptors (Lipinski definition) is 6. The van der Waals surface area contributed by atoms with E-state index in [1.807, 2.05) is 29.2 Å². The summed E-state index contributed by atoms with van der Waals surface area (Å²) in [5.41, 5.74) is 2.28. The number of nitrogens with one attached hydrogen (secondary N) is 1. The molecule has 5 unspecified atom stereocenters. The van der Waals surface area contributed by atoms with Crippen molar-refractivity contribution in [3.05, 3.63) is 24.3 Å². The van der Waals surface area contributed by atoms with Crippen LogP contribution in [0.15, 0.2) is 29.4 Å². The van der Waals surface area contributed by atoms with Gasteiger partial charge in [-0.15, -0.1) is 0 Å². The van der Waals surface area contributed by atoms with Gasteiger partial charge in [0.25, 0.3) is 5.91 Å². The van der Waals surface area contributed by atoms with Gasteiger partial charge in [0.15, 0.2) is 0 Å².